The van der Waals surface area contributed by atoms with Crippen molar-refractivity contribution in [1.29, 1.82) is 0 Å². The van der Waals surface area contributed by atoms with Gasteiger partial charge in [-0.2, -0.15) is 0 Å². The fourth-order valence-electron chi connectivity index (χ4n) is 2.73. The van der Waals surface area contributed by atoms with Crippen molar-refractivity contribution in [2.45, 2.75) is 96.4 Å². The van der Waals surface area contributed by atoms with Crippen LogP contribution in [0.3, 0.4) is 0 Å². The molecule has 0 aromatic heterocycles. The summed E-state index contributed by atoms with van der Waals surface area (Å²) in [6, 6.07) is -0.575. The first kappa shape index (κ1) is 21.9. The average Bonchev–Trinajstić information content (AvgIpc) is 2.54. The number of carbonyl (C=O) groups excluding carboxylic acids is 2. The zero-order valence-electron chi connectivity index (χ0n) is 14.9. The third-order valence-corrected chi connectivity index (χ3v) is 4.21. The van der Waals surface area contributed by atoms with Crippen molar-refractivity contribution in [3.8, 4) is 0 Å². The zero-order chi connectivity index (χ0) is 17.3. The van der Waals surface area contributed by atoms with Crippen LogP contribution in [0.5, 0.6) is 0 Å². The Morgan fingerprint density at radius 1 is 0.826 bits per heavy atom. The highest BCUT2D eigenvalue weighted by atomic mass is 16.2. The second kappa shape index (κ2) is 15.8. The monoisotopic (exact) mass is 327 g/mol. The molecule has 1 unspecified atom stereocenters. The first-order valence-corrected chi connectivity index (χ1v) is 9.40. The van der Waals surface area contributed by atoms with Crippen LogP contribution in [0.1, 0.15) is 90.4 Å². The van der Waals surface area contributed by atoms with E-state index in [9.17, 15) is 9.59 Å². The Labute approximate surface area is 141 Å². The molecule has 5 heteroatoms. The molecule has 0 radical (unpaired) electrons. The van der Waals surface area contributed by atoms with Gasteiger partial charge in [0.15, 0.2) is 0 Å². The lowest BCUT2D eigenvalue weighted by Gasteiger charge is -2.14. The molecular formula is C18H37N3O2. The van der Waals surface area contributed by atoms with E-state index < -0.39 is 11.9 Å². The molecule has 0 bridgehead atoms. The largest absolute Gasteiger partial charge is 0.368 e. The minimum atomic E-state index is -0.575. The number of amides is 2. The van der Waals surface area contributed by atoms with E-state index in [-0.39, 0.29) is 12.5 Å². The van der Waals surface area contributed by atoms with Crippen LogP contribution in [0.2, 0.25) is 0 Å². The Balaban J connectivity index is 3.43. The summed E-state index contributed by atoms with van der Waals surface area (Å²) in [5, 5.41) is 2.57. The van der Waals surface area contributed by atoms with Crippen molar-refractivity contribution >= 4 is 11.8 Å². The van der Waals surface area contributed by atoms with Gasteiger partial charge in [-0.1, -0.05) is 84.0 Å². The van der Waals surface area contributed by atoms with Gasteiger partial charge < -0.3 is 16.8 Å². The summed E-state index contributed by atoms with van der Waals surface area (Å²) in [4.78, 5) is 22.5. The SMILES string of the molecule is CCCCCCCCCCCCCCC(NC(=O)CN)C(N)=O. The van der Waals surface area contributed by atoms with Gasteiger partial charge in [0, 0.05) is 0 Å². The van der Waals surface area contributed by atoms with Gasteiger partial charge in [-0.15, -0.1) is 0 Å². The second-order valence-corrected chi connectivity index (χ2v) is 6.40. The van der Waals surface area contributed by atoms with E-state index in [1.807, 2.05) is 0 Å². The molecule has 0 saturated heterocycles. The summed E-state index contributed by atoms with van der Waals surface area (Å²) in [5.41, 5.74) is 10.5. The Morgan fingerprint density at radius 2 is 1.26 bits per heavy atom. The molecule has 0 aliphatic heterocycles. The summed E-state index contributed by atoms with van der Waals surface area (Å²) < 4.78 is 0. The van der Waals surface area contributed by atoms with E-state index in [0.29, 0.717) is 6.42 Å². The smallest absolute Gasteiger partial charge is 0.240 e. The number of hydrogen-bond donors (Lipinski definition) is 3. The third kappa shape index (κ3) is 14.2. The third-order valence-electron chi connectivity index (χ3n) is 4.21. The molecule has 1 atom stereocenters. The molecular weight excluding hydrogens is 290 g/mol. The lowest BCUT2D eigenvalue weighted by molar-refractivity contribution is -0.126. The van der Waals surface area contributed by atoms with Crippen molar-refractivity contribution < 1.29 is 9.59 Å². The van der Waals surface area contributed by atoms with Crippen molar-refractivity contribution in [2.24, 2.45) is 11.5 Å². The summed E-state index contributed by atoms with van der Waals surface area (Å²) in [6.07, 6.45) is 15.9. The number of carbonyl (C=O) groups is 2. The first-order chi connectivity index (χ1) is 11.1. The Bertz CT molecular complexity index is 309. The van der Waals surface area contributed by atoms with Crippen LogP contribution in [-0.4, -0.2) is 24.4 Å². The topological polar surface area (TPSA) is 98.2 Å². The van der Waals surface area contributed by atoms with Crippen LogP contribution in [0.15, 0.2) is 0 Å². The van der Waals surface area contributed by atoms with Crippen LogP contribution < -0.4 is 16.8 Å². The van der Waals surface area contributed by atoms with Crippen LogP contribution in [0.25, 0.3) is 0 Å². The second-order valence-electron chi connectivity index (χ2n) is 6.40. The highest BCUT2D eigenvalue weighted by Gasteiger charge is 2.16. The normalized spacial score (nSPS) is 12.1. The summed E-state index contributed by atoms with van der Waals surface area (Å²) in [6.45, 7) is 2.14. The number of nitrogens with one attached hydrogen (secondary N) is 1. The molecule has 0 aromatic carbocycles. The molecule has 136 valence electrons. The van der Waals surface area contributed by atoms with E-state index in [1.165, 1.54) is 64.2 Å². The number of nitrogens with two attached hydrogens (primary N) is 2. The van der Waals surface area contributed by atoms with E-state index >= 15 is 0 Å². The maximum absolute atomic E-state index is 11.2. The van der Waals surface area contributed by atoms with Crippen molar-refractivity contribution in [1.82, 2.24) is 5.32 Å². The average molecular weight is 328 g/mol. The van der Waals surface area contributed by atoms with Gasteiger partial charge in [0.05, 0.1) is 6.54 Å². The van der Waals surface area contributed by atoms with Gasteiger partial charge >= 0.3 is 0 Å². The molecule has 0 fully saturated rings. The number of rotatable bonds is 16. The Morgan fingerprint density at radius 3 is 1.65 bits per heavy atom. The molecule has 2 amide bonds. The van der Waals surface area contributed by atoms with E-state index in [1.54, 1.807) is 0 Å². The van der Waals surface area contributed by atoms with Crippen LogP contribution in [0, 0.1) is 0 Å². The molecule has 0 aliphatic rings. The molecule has 0 aliphatic carbocycles. The van der Waals surface area contributed by atoms with E-state index in [4.69, 9.17) is 11.5 Å². The quantitative estimate of drug-likeness (QED) is 0.380. The highest BCUT2D eigenvalue weighted by molar-refractivity contribution is 5.87. The Kier molecular flexibility index (Phi) is 15.0. The fourth-order valence-corrected chi connectivity index (χ4v) is 2.73. The number of unbranched alkanes of at least 4 members (excludes halogenated alkanes) is 11. The predicted molar refractivity (Wildman–Crippen MR) is 95.9 cm³/mol. The predicted octanol–water partition coefficient (Wildman–Crippen LogP) is 3.01. The lowest BCUT2D eigenvalue weighted by atomic mass is 10.0. The minimum absolute atomic E-state index is 0.109. The van der Waals surface area contributed by atoms with Gasteiger partial charge in [-0.25, -0.2) is 0 Å². The molecule has 0 aromatic rings. The maximum Gasteiger partial charge on any atom is 0.240 e. The number of primary amides is 1. The fraction of sp³-hybridized carbons (Fsp3) is 0.889. The van der Waals surface area contributed by atoms with Crippen LogP contribution in [-0.2, 0) is 9.59 Å². The maximum atomic E-state index is 11.2. The lowest BCUT2D eigenvalue weighted by Crippen LogP contribution is -2.46. The summed E-state index contributed by atoms with van der Waals surface area (Å²) in [7, 11) is 0. The minimum Gasteiger partial charge on any atom is -0.368 e. The van der Waals surface area contributed by atoms with Gasteiger partial charge in [-0.3, -0.25) is 9.59 Å². The highest BCUT2D eigenvalue weighted by Crippen LogP contribution is 2.13. The van der Waals surface area contributed by atoms with Gasteiger partial charge in [-0.05, 0) is 6.42 Å². The molecule has 0 saturated carbocycles. The van der Waals surface area contributed by atoms with Crippen molar-refractivity contribution in [2.75, 3.05) is 6.54 Å². The van der Waals surface area contributed by atoms with Crippen LogP contribution in [0.4, 0.5) is 0 Å². The summed E-state index contributed by atoms with van der Waals surface area (Å²) in [5.74, 6) is -0.803. The van der Waals surface area contributed by atoms with Crippen molar-refractivity contribution in [3.63, 3.8) is 0 Å². The van der Waals surface area contributed by atoms with Gasteiger partial charge in [0.2, 0.25) is 11.8 Å². The molecule has 0 heterocycles. The molecule has 0 spiro atoms. The first-order valence-electron chi connectivity index (χ1n) is 9.40. The van der Waals surface area contributed by atoms with E-state index in [0.717, 1.165) is 12.8 Å². The summed E-state index contributed by atoms with van der Waals surface area (Å²) >= 11 is 0. The Hall–Kier alpha value is -1.10. The molecule has 23 heavy (non-hydrogen) atoms. The van der Waals surface area contributed by atoms with Crippen LogP contribution >= 0.6 is 0 Å². The zero-order valence-corrected chi connectivity index (χ0v) is 14.9. The van der Waals surface area contributed by atoms with Gasteiger partial charge in [0.1, 0.15) is 6.04 Å². The molecule has 5 nitrogen and oxygen atoms in total. The molecule has 0 rings (SSSR count). The standard InChI is InChI=1S/C18H37N3O2/c1-2-3-4-5-6-7-8-9-10-11-12-13-14-16(18(20)23)21-17(22)15-19/h16H,2-15,19H2,1H3,(H2,20,23)(H,21,22). The van der Waals surface area contributed by atoms with Crippen molar-refractivity contribution in [3.05, 3.63) is 0 Å². The number of hydrogen-bond acceptors (Lipinski definition) is 3. The van der Waals surface area contributed by atoms with E-state index in [2.05, 4.69) is 12.2 Å². The van der Waals surface area contributed by atoms with Gasteiger partial charge in [0.25, 0.3) is 0 Å². The molecule has 5 N–H and O–H groups in total.